The summed E-state index contributed by atoms with van der Waals surface area (Å²) in [7, 11) is -9.25. The number of rotatable bonds is 30. The van der Waals surface area contributed by atoms with E-state index >= 15 is 0 Å². The molecule has 29 nitrogen and oxygen atoms in total. The molecule has 0 radical (unpaired) electrons. The number of pyridine rings is 1. The molecule has 31 heteroatoms. The Morgan fingerprint density at radius 2 is 1.20 bits per heavy atom. The summed E-state index contributed by atoms with van der Waals surface area (Å²) >= 11 is 0. The second-order valence-electron chi connectivity index (χ2n) is 19.1. The van der Waals surface area contributed by atoms with E-state index in [0.717, 1.165) is 36.5 Å². The Balaban J connectivity index is 1.21. The van der Waals surface area contributed by atoms with Crippen LogP contribution < -0.4 is 36.0 Å². The van der Waals surface area contributed by atoms with Crippen molar-refractivity contribution in [2.45, 2.75) is 75.8 Å². The minimum absolute atomic E-state index is 0.0121. The Labute approximate surface area is 458 Å². The predicted molar refractivity (Wildman–Crippen MR) is 282 cm³/mol. The molecular formula is C48H73N11O18S2. The number of hydrogen-bond acceptors (Lipinski definition) is 19. The maximum atomic E-state index is 13.5. The third kappa shape index (κ3) is 24.5. The highest BCUT2D eigenvalue weighted by atomic mass is 32.2. The van der Waals surface area contributed by atoms with Gasteiger partial charge in [-0.3, -0.25) is 62.5 Å². The van der Waals surface area contributed by atoms with Crippen molar-refractivity contribution >= 4 is 73.5 Å². The predicted octanol–water partition coefficient (Wildman–Crippen LogP) is -2.83. The van der Waals surface area contributed by atoms with Gasteiger partial charge >= 0.3 is 23.9 Å². The van der Waals surface area contributed by atoms with Crippen molar-refractivity contribution < 1.29 is 84.9 Å². The lowest BCUT2D eigenvalue weighted by Crippen LogP contribution is -2.54. The molecule has 1 aromatic heterocycles. The maximum absolute atomic E-state index is 13.5. The van der Waals surface area contributed by atoms with Crippen LogP contribution in [0.1, 0.15) is 54.5 Å². The Bertz CT molecular complexity index is 2640. The fourth-order valence-electron chi connectivity index (χ4n) is 8.73. The zero-order chi connectivity index (χ0) is 58.3. The standard InChI is InChI=1S/C48H73N11O18S2/c1-32-24-36(25-33(2)45(32)79(75,76)55-37(48(70)71)26-52-40(61)8-3-7-35-11-10-34-6-4-12-50-46(34)53-35)77-23-5-9-39(60)49-13-14-51-47(69)38(31-78(72,73)74)54-41(62)27-56-15-17-57(28-42(63)64)19-21-59(30-44(67)68)22-20-58(18-16-56)29-43(65)66/h10-11,24-25,37-38,55H,3-9,12-23,26-31H2,1-2H3,(H,49,60)(H,50,53)(H,51,69)(H,52,61)(H,54,62)(H,63,64)(H,65,66)(H,67,68)(H,70,71)(H,72,73,74)/t37-,38-/m0/s1. The van der Waals surface area contributed by atoms with Gasteiger partial charge in [0.15, 0.2) is 0 Å². The number of hydrogen-bond donors (Lipinski definition) is 11. The van der Waals surface area contributed by atoms with Crippen LogP contribution in [0, 0.1) is 13.8 Å². The topological polar surface area (TPSA) is 413 Å². The number of nitrogens with zero attached hydrogens (tertiary/aromatic N) is 5. The molecule has 0 bridgehead atoms. The van der Waals surface area contributed by atoms with E-state index in [-0.39, 0.29) is 120 Å². The summed E-state index contributed by atoms with van der Waals surface area (Å²) in [5.74, 6) is -7.83. The summed E-state index contributed by atoms with van der Waals surface area (Å²) in [6.45, 7) is 2.12. The number of amides is 4. The highest BCUT2D eigenvalue weighted by molar-refractivity contribution is 7.89. The lowest BCUT2D eigenvalue weighted by Gasteiger charge is -2.33. The highest BCUT2D eigenvalue weighted by Crippen LogP contribution is 2.26. The number of benzene rings is 1. The number of fused-ring (bicyclic) bond motifs is 1. The molecule has 440 valence electrons. The molecule has 3 heterocycles. The summed E-state index contributed by atoms with van der Waals surface area (Å²) in [5, 5.41) is 51.2. The number of anilines is 1. The first-order valence-electron chi connectivity index (χ1n) is 25.6. The van der Waals surface area contributed by atoms with Crippen LogP contribution >= 0.6 is 0 Å². The van der Waals surface area contributed by atoms with Gasteiger partial charge < -0.3 is 51.7 Å². The average molecular weight is 1160 g/mol. The van der Waals surface area contributed by atoms with Gasteiger partial charge in [-0.1, -0.05) is 6.07 Å². The molecule has 4 rings (SSSR count). The normalized spacial score (nSPS) is 16.1. The van der Waals surface area contributed by atoms with Gasteiger partial charge in [0.25, 0.3) is 10.1 Å². The quantitative estimate of drug-likeness (QED) is 0.0277. The first-order chi connectivity index (χ1) is 37.3. The van der Waals surface area contributed by atoms with E-state index in [2.05, 4.69) is 36.3 Å². The lowest BCUT2D eigenvalue weighted by atomic mass is 10.1. The molecule has 4 amide bonds. The number of aromatic nitrogens is 1. The molecule has 1 aromatic carbocycles. The largest absolute Gasteiger partial charge is 0.494 e. The van der Waals surface area contributed by atoms with Gasteiger partial charge in [-0.15, -0.1) is 0 Å². The average Bonchev–Trinajstić information content (AvgIpc) is 3.36. The molecule has 0 unspecified atom stereocenters. The number of carbonyl (C=O) groups is 8. The minimum atomic E-state index is -4.84. The third-order valence-corrected chi connectivity index (χ3v) is 15.1. The minimum Gasteiger partial charge on any atom is -0.494 e. The monoisotopic (exact) mass is 1160 g/mol. The van der Waals surface area contributed by atoms with Crippen LogP contribution in [-0.2, 0) is 71.3 Å². The molecule has 2 aliphatic rings. The summed E-state index contributed by atoms with van der Waals surface area (Å²) in [6, 6.07) is 3.32. The van der Waals surface area contributed by atoms with Crippen molar-refractivity contribution in [2.75, 3.05) is 122 Å². The van der Waals surface area contributed by atoms with Gasteiger partial charge in [-0.25, -0.2) is 13.4 Å². The van der Waals surface area contributed by atoms with E-state index in [4.69, 9.17) is 4.74 Å². The summed E-state index contributed by atoms with van der Waals surface area (Å²) in [6.07, 6.45) is 3.14. The van der Waals surface area contributed by atoms with E-state index in [1.807, 2.05) is 12.1 Å². The second kappa shape index (κ2) is 31.8. The Morgan fingerprint density at radius 1 is 0.684 bits per heavy atom. The third-order valence-electron chi connectivity index (χ3n) is 12.6. The summed E-state index contributed by atoms with van der Waals surface area (Å²) < 4.78 is 68.3. The van der Waals surface area contributed by atoms with Crippen LogP contribution in [0.4, 0.5) is 5.82 Å². The SMILES string of the molecule is Cc1cc(OCCCC(=O)NCCNC(=O)[C@H](CS(=O)(=O)O)NC(=O)CN2CCN(CC(=O)O)CCN(CC(=O)O)CCN(CC(=O)O)CC2)cc(C)c1S(=O)(=O)N[C@@H](CNC(=O)CCCc1ccc2c(n1)NCCC2)C(=O)O. The molecule has 11 N–H and O–H groups in total. The highest BCUT2D eigenvalue weighted by Gasteiger charge is 2.30. The number of aliphatic carboxylic acids is 4. The number of aryl methyl sites for hydroxylation is 4. The molecule has 79 heavy (non-hydrogen) atoms. The maximum Gasteiger partial charge on any atom is 0.323 e. The van der Waals surface area contributed by atoms with Crippen molar-refractivity contribution in [1.82, 2.24) is 50.6 Å². The number of carboxylic acid groups (broad SMARTS) is 4. The van der Waals surface area contributed by atoms with E-state index in [0.29, 0.717) is 12.8 Å². The number of nitrogens with one attached hydrogen (secondary N) is 6. The van der Waals surface area contributed by atoms with E-state index in [9.17, 15) is 80.2 Å². The van der Waals surface area contributed by atoms with Crippen LogP contribution in [0.2, 0.25) is 0 Å². The van der Waals surface area contributed by atoms with Crippen molar-refractivity contribution in [3.63, 3.8) is 0 Å². The van der Waals surface area contributed by atoms with Gasteiger partial charge in [0, 0.05) is 97.1 Å². The van der Waals surface area contributed by atoms with Gasteiger partial charge in [0.2, 0.25) is 33.7 Å². The molecule has 2 aliphatic heterocycles. The number of carboxylic acids is 4. The molecule has 2 atom stereocenters. The zero-order valence-corrected chi connectivity index (χ0v) is 45.9. The summed E-state index contributed by atoms with van der Waals surface area (Å²) in [5.41, 5.74) is 2.42. The number of carbonyl (C=O) groups excluding carboxylic acids is 4. The Hall–Kier alpha value is -6.61. The van der Waals surface area contributed by atoms with Crippen LogP contribution in [0.25, 0.3) is 0 Å². The van der Waals surface area contributed by atoms with Crippen molar-refractivity contribution in [3.8, 4) is 5.75 Å². The number of ether oxygens (including phenoxy) is 1. The zero-order valence-electron chi connectivity index (χ0n) is 44.2. The molecule has 0 aliphatic carbocycles. The molecule has 0 saturated carbocycles. The van der Waals surface area contributed by atoms with Crippen LogP contribution in [0.15, 0.2) is 29.2 Å². The first-order valence-corrected chi connectivity index (χ1v) is 28.7. The molecule has 0 spiro atoms. The van der Waals surface area contributed by atoms with Crippen LogP contribution in [0.5, 0.6) is 5.75 Å². The fourth-order valence-corrected chi connectivity index (χ4v) is 11.0. The van der Waals surface area contributed by atoms with Crippen molar-refractivity contribution in [2.24, 2.45) is 0 Å². The van der Waals surface area contributed by atoms with Crippen LogP contribution in [-0.4, -0.2) is 243 Å². The fraction of sp³-hybridized carbons (Fsp3) is 0.604. The van der Waals surface area contributed by atoms with Gasteiger partial charge in [-0.2, -0.15) is 13.1 Å². The van der Waals surface area contributed by atoms with E-state index in [1.165, 1.54) is 35.8 Å². The first kappa shape index (κ1) is 64.9. The molecule has 2 aromatic rings. The molecular weight excluding hydrogens is 1080 g/mol. The molecule has 1 saturated heterocycles. The summed E-state index contributed by atoms with van der Waals surface area (Å²) in [4.78, 5) is 109. The van der Waals surface area contributed by atoms with Crippen molar-refractivity contribution in [3.05, 3.63) is 46.6 Å². The van der Waals surface area contributed by atoms with Gasteiger partial charge in [0.05, 0.1) is 37.7 Å². The number of sulfonamides is 1. The van der Waals surface area contributed by atoms with Gasteiger partial charge in [-0.05, 0) is 80.8 Å². The van der Waals surface area contributed by atoms with Gasteiger partial charge in [0.1, 0.15) is 29.4 Å². The molecule has 1 fully saturated rings. The Morgan fingerprint density at radius 3 is 1.73 bits per heavy atom. The second-order valence-corrected chi connectivity index (χ2v) is 22.3. The smallest absolute Gasteiger partial charge is 0.323 e. The van der Waals surface area contributed by atoms with Crippen LogP contribution in [0.3, 0.4) is 0 Å². The van der Waals surface area contributed by atoms with Crippen molar-refractivity contribution in [1.29, 1.82) is 0 Å². The van der Waals surface area contributed by atoms with E-state index < -0.39 is 112 Å². The lowest BCUT2D eigenvalue weighted by molar-refractivity contribution is -0.140. The Kier molecular flexibility index (Phi) is 26.2. The van der Waals surface area contributed by atoms with E-state index in [1.54, 1.807) is 9.80 Å².